The van der Waals surface area contributed by atoms with Crippen molar-refractivity contribution in [2.45, 2.75) is 67.2 Å². The number of likely N-dealkylation sites (tertiary alicyclic amines) is 1. The third-order valence-corrected chi connectivity index (χ3v) is 6.21. The number of aryl methyl sites for hydroxylation is 1. The van der Waals surface area contributed by atoms with Gasteiger partial charge in [-0.3, -0.25) is 14.6 Å². The molecule has 1 fully saturated rings. The molecule has 1 saturated heterocycles. The fraction of sp³-hybridized carbons (Fsp3) is 0.556. The van der Waals surface area contributed by atoms with E-state index in [0.29, 0.717) is 53.5 Å². The van der Waals surface area contributed by atoms with Gasteiger partial charge in [0.05, 0.1) is 28.9 Å². The molecule has 0 unspecified atom stereocenters. The molecule has 8 heteroatoms. The molecule has 1 aromatic heterocycles. The van der Waals surface area contributed by atoms with E-state index in [4.69, 9.17) is 10.5 Å². The fourth-order valence-corrected chi connectivity index (χ4v) is 4.06. The summed E-state index contributed by atoms with van der Waals surface area (Å²) < 4.78 is 6.06. The SMILES string of the molecule is CCC(=O)CC.Cc1nc2cccc(OCC3CCN(C(=O)C(C)(C)C)CC3)c2c(N)c1C(=O)O. The average Bonchev–Trinajstić information content (AvgIpc) is 2.81. The van der Waals surface area contributed by atoms with Crippen LogP contribution in [-0.2, 0) is 9.59 Å². The molecule has 35 heavy (non-hydrogen) atoms. The summed E-state index contributed by atoms with van der Waals surface area (Å²) in [6, 6.07) is 5.42. The number of piperidine rings is 1. The summed E-state index contributed by atoms with van der Waals surface area (Å²) >= 11 is 0. The molecule has 1 aliphatic heterocycles. The lowest BCUT2D eigenvalue weighted by molar-refractivity contribution is -0.141. The van der Waals surface area contributed by atoms with Crippen LogP contribution in [0.4, 0.5) is 5.69 Å². The van der Waals surface area contributed by atoms with Gasteiger partial charge in [-0.15, -0.1) is 0 Å². The third-order valence-electron chi connectivity index (χ3n) is 6.21. The number of nitrogens with two attached hydrogens (primary N) is 1. The zero-order chi connectivity index (χ0) is 26.3. The highest BCUT2D eigenvalue weighted by molar-refractivity contribution is 6.06. The van der Waals surface area contributed by atoms with Crippen molar-refractivity contribution in [3.63, 3.8) is 0 Å². The molecular formula is C27H39N3O5. The summed E-state index contributed by atoms with van der Waals surface area (Å²) in [6.45, 7) is 13.2. The second kappa shape index (κ2) is 12.0. The molecule has 3 rings (SSSR count). The standard InChI is InChI=1S/C22H29N3O4.C5H10O/c1-13-17(20(26)27)19(23)18-15(24-13)6-5-7-16(18)29-12-14-8-10-25(11-9-14)21(28)22(2,3)4;1-3-5(6)4-2/h5-7,14H,8-12H2,1-4H3,(H2,23,24)(H,26,27);3-4H2,1-2H3. The zero-order valence-electron chi connectivity index (χ0n) is 21.8. The van der Waals surface area contributed by atoms with Crippen molar-refractivity contribution in [1.82, 2.24) is 9.88 Å². The number of benzene rings is 1. The Morgan fingerprint density at radius 2 is 1.74 bits per heavy atom. The molecule has 1 aliphatic rings. The number of hydrogen-bond donors (Lipinski definition) is 2. The molecule has 3 N–H and O–H groups in total. The maximum Gasteiger partial charge on any atom is 0.339 e. The number of carbonyl (C=O) groups is 3. The number of nitrogens with zero attached hydrogens (tertiary/aromatic N) is 2. The number of nitrogen functional groups attached to an aromatic ring is 1. The number of amides is 1. The molecule has 8 nitrogen and oxygen atoms in total. The van der Waals surface area contributed by atoms with E-state index in [9.17, 15) is 19.5 Å². The number of fused-ring (bicyclic) bond motifs is 1. The van der Waals surface area contributed by atoms with Gasteiger partial charge in [-0.05, 0) is 37.8 Å². The maximum absolute atomic E-state index is 12.4. The predicted molar refractivity (Wildman–Crippen MR) is 138 cm³/mol. The first-order valence-electron chi connectivity index (χ1n) is 12.3. The lowest BCUT2D eigenvalue weighted by Gasteiger charge is -2.35. The first-order chi connectivity index (χ1) is 16.4. The van der Waals surface area contributed by atoms with Crippen LogP contribution in [0, 0.1) is 18.3 Å². The van der Waals surface area contributed by atoms with Gasteiger partial charge in [0, 0.05) is 31.3 Å². The lowest BCUT2D eigenvalue weighted by Crippen LogP contribution is -2.44. The quantitative estimate of drug-likeness (QED) is 0.599. The number of aromatic carboxylic acids is 1. The zero-order valence-corrected chi connectivity index (χ0v) is 21.8. The van der Waals surface area contributed by atoms with E-state index in [0.717, 1.165) is 25.9 Å². The van der Waals surface area contributed by atoms with Gasteiger partial charge in [-0.1, -0.05) is 40.7 Å². The summed E-state index contributed by atoms with van der Waals surface area (Å²) in [5.41, 5.74) is 7.01. The number of pyridine rings is 1. The fourth-order valence-electron chi connectivity index (χ4n) is 4.06. The van der Waals surface area contributed by atoms with Crippen LogP contribution in [0.3, 0.4) is 0 Å². The minimum atomic E-state index is -1.10. The smallest absolute Gasteiger partial charge is 0.339 e. The van der Waals surface area contributed by atoms with Crippen molar-refractivity contribution >= 4 is 34.3 Å². The molecule has 0 radical (unpaired) electrons. The molecule has 192 valence electrons. The van der Waals surface area contributed by atoms with E-state index in [1.165, 1.54) is 0 Å². The largest absolute Gasteiger partial charge is 0.493 e. The second-order valence-electron chi connectivity index (χ2n) is 9.98. The van der Waals surface area contributed by atoms with Crippen molar-refractivity contribution in [3.05, 3.63) is 29.5 Å². The highest BCUT2D eigenvalue weighted by Gasteiger charge is 2.30. The Hall–Kier alpha value is -3.16. The third kappa shape index (κ3) is 7.16. The lowest BCUT2D eigenvalue weighted by atomic mass is 9.91. The van der Waals surface area contributed by atoms with Gasteiger partial charge in [-0.2, -0.15) is 0 Å². The van der Waals surface area contributed by atoms with Crippen LogP contribution >= 0.6 is 0 Å². The van der Waals surface area contributed by atoms with Crippen LogP contribution in [-0.4, -0.2) is 52.3 Å². The minimum Gasteiger partial charge on any atom is -0.493 e. The molecule has 1 amide bonds. The Morgan fingerprint density at radius 1 is 1.14 bits per heavy atom. The first kappa shape index (κ1) is 28.1. The molecular weight excluding hydrogens is 446 g/mol. The van der Waals surface area contributed by atoms with Gasteiger partial charge in [0.15, 0.2) is 0 Å². The van der Waals surface area contributed by atoms with Gasteiger partial charge in [0.25, 0.3) is 0 Å². The monoisotopic (exact) mass is 485 g/mol. The van der Waals surface area contributed by atoms with E-state index in [-0.39, 0.29) is 22.6 Å². The number of aromatic nitrogens is 1. The molecule has 0 spiro atoms. The Balaban J connectivity index is 0.000000641. The molecule has 2 heterocycles. The second-order valence-corrected chi connectivity index (χ2v) is 9.98. The summed E-state index contributed by atoms with van der Waals surface area (Å²) in [7, 11) is 0. The summed E-state index contributed by atoms with van der Waals surface area (Å²) in [5.74, 6) is 0.299. The first-order valence-corrected chi connectivity index (χ1v) is 12.3. The molecule has 0 bridgehead atoms. The number of rotatable bonds is 6. The minimum absolute atomic E-state index is 0.0163. The van der Waals surface area contributed by atoms with Crippen LogP contribution in [0.15, 0.2) is 18.2 Å². The average molecular weight is 486 g/mol. The van der Waals surface area contributed by atoms with Crippen LogP contribution in [0.25, 0.3) is 10.9 Å². The van der Waals surface area contributed by atoms with E-state index in [2.05, 4.69) is 4.98 Å². The van der Waals surface area contributed by atoms with Gasteiger partial charge in [-0.25, -0.2) is 4.79 Å². The number of carbonyl (C=O) groups excluding carboxylic acids is 2. The van der Waals surface area contributed by atoms with E-state index < -0.39 is 5.97 Å². The van der Waals surface area contributed by atoms with Crippen molar-refractivity contribution in [3.8, 4) is 5.75 Å². The van der Waals surface area contributed by atoms with Crippen molar-refractivity contribution in [2.24, 2.45) is 11.3 Å². The van der Waals surface area contributed by atoms with E-state index in [1.54, 1.807) is 19.1 Å². The summed E-state index contributed by atoms with van der Waals surface area (Å²) in [6.07, 6.45) is 3.13. The van der Waals surface area contributed by atoms with Gasteiger partial charge < -0.3 is 20.5 Å². The van der Waals surface area contributed by atoms with Gasteiger partial charge in [0.2, 0.25) is 5.91 Å². The predicted octanol–water partition coefficient (Wildman–Crippen LogP) is 4.86. The molecule has 2 aromatic rings. The highest BCUT2D eigenvalue weighted by atomic mass is 16.5. The highest BCUT2D eigenvalue weighted by Crippen LogP contribution is 2.34. The van der Waals surface area contributed by atoms with E-state index in [1.807, 2.05) is 45.6 Å². The Labute approximate surface area is 207 Å². The van der Waals surface area contributed by atoms with Crippen LogP contribution in [0.1, 0.15) is 76.4 Å². The summed E-state index contributed by atoms with van der Waals surface area (Å²) in [4.78, 5) is 40.5. The summed E-state index contributed by atoms with van der Waals surface area (Å²) in [5, 5.41) is 10.0. The maximum atomic E-state index is 12.4. The van der Waals surface area contributed by atoms with Crippen LogP contribution < -0.4 is 10.5 Å². The molecule has 0 saturated carbocycles. The Kier molecular flexibility index (Phi) is 9.63. The number of carboxylic acids is 1. The van der Waals surface area contributed by atoms with E-state index >= 15 is 0 Å². The number of anilines is 1. The number of hydrogen-bond acceptors (Lipinski definition) is 6. The Morgan fingerprint density at radius 3 is 2.23 bits per heavy atom. The number of carboxylic acid groups (broad SMARTS) is 1. The normalized spacial score (nSPS) is 14.3. The van der Waals surface area contributed by atoms with Crippen molar-refractivity contribution in [2.75, 3.05) is 25.4 Å². The number of ether oxygens (including phenoxy) is 1. The molecule has 0 aliphatic carbocycles. The van der Waals surface area contributed by atoms with Gasteiger partial charge in [0.1, 0.15) is 17.1 Å². The van der Waals surface area contributed by atoms with Crippen molar-refractivity contribution < 1.29 is 24.2 Å². The molecule has 1 aromatic carbocycles. The number of Topliss-reactive ketones (excluding diaryl/α,β-unsaturated/α-hetero) is 1. The van der Waals surface area contributed by atoms with Gasteiger partial charge >= 0.3 is 5.97 Å². The van der Waals surface area contributed by atoms with Crippen LogP contribution in [0.5, 0.6) is 5.75 Å². The molecule has 0 atom stereocenters. The number of ketones is 1. The van der Waals surface area contributed by atoms with Crippen LogP contribution in [0.2, 0.25) is 0 Å². The topological polar surface area (TPSA) is 123 Å². The van der Waals surface area contributed by atoms with Crippen molar-refractivity contribution in [1.29, 1.82) is 0 Å². The Bertz CT molecular complexity index is 1060.